The molecule has 2 aromatic carbocycles. The summed E-state index contributed by atoms with van der Waals surface area (Å²) in [6.45, 7) is 6.90. The molecule has 1 N–H and O–H groups in total. The number of amides is 1. The second-order valence-corrected chi connectivity index (χ2v) is 10.9. The third kappa shape index (κ3) is 6.19. The van der Waals surface area contributed by atoms with Crippen LogP contribution in [0.1, 0.15) is 50.5 Å². The van der Waals surface area contributed by atoms with Gasteiger partial charge >= 0.3 is 0 Å². The number of carbonyl (C=O) groups is 1. The fraction of sp³-hybridized carbons (Fsp3) is 0.500. The van der Waals surface area contributed by atoms with Crippen molar-refractivity contribution in [2.45, 2.75) is 51.0 Å². The van der Waals surface area contributed by atoms with Crippen LogP contribution >= 0.6 is 0 Å². The summed E-state index contributed by atoms with van der Waals surface area (Å²) in [5.41, 5.74) is 3.48. The molecule has 0 bridgehead atoms. The molecule has 208 valence electrons. The average molecular weight is 534 g/mol. The van der Waals surface area contributed by atoms with Gasteiger partial charge in [-0.05, 0) is 87.6 Å². The van der Waals surface area contributed by atoms with Gasteiger partial charge in [0, 0.05) is 61.1 Å². The van der Waals surface area contributed by atoms with E-state index in [0.717, 1.165) is 55.7 Å². The number of non-ortho nitro benzene ring substituents is 1. The van der Waals surface area contributed by atoms with E-state index in [1.165, 1.54) is 23.1 Å². The molecule has 0 aliphatic carbocycles. The first-order chi connectivity index (χ1) is 18.9. The van der Waals surface area contributed by atoms with Crippen LogP contribution in [0.3, 0.4) is 0 Å². The Morgan fingerprint density at radius 1 is 1.08 bits per heavy atom. The Morgan fingerprint density at radius 2 is 1.79 bits per heavy atom. The molecule has 2 aliphatic rings. The summed E-state index contributed by atoms with van der Waals surface area (Å²) in [5, 5.41) is 12.2. The van der Waals surface area contributed by atoms with Crippen molar-refractivity contribution in [3.63, 3.8) is 0 Å². The fourth-order valence-electron chi connectivity index (χ4n) is 5.81. The van der Waals surface area contributed by atoms with Crippen LogP contribution < -0.4 is 9.64 Å². The number of nitrogens with one attached hydrogen (secondary N) is 1. The van der Waals surface area contributed by atoms with E-state index in [-0.39, 0.29) is 16.5 Å². The molecule has 3 aromatic rings. The number of fused-ring (bicyclic) bond motifs is 1. The van der Waals surface area contributed by atoms with Crippen LogP contribution in [0.5, 0.6) is 5.75 Å². The van der Waals surface area contributed by atoms with Crippen molar-refractivity contribution < 1.29 is 14.5 Å². The lowest BCUT2D eigenvalue weighted by Crippen LogP contribution is -2.52. The standard InChI is InChI=1S/C30H39N5O4/c1-3-4-5-29(30(36)34-18-16-33(17-19-34)23-6-8-24(9-7-23)35(37)38)39-25-10-11-28-26(20-25)27(21-31-28)22-12-14-32(2)15-13-22/h6-11,20-22,29,31H,3-5,12-19H2,1-2H3. The molecule has 2 aliphatic heterocycles. The minimum atomic E-state index is -0.515. The van der Waals surface area contributed by atoms with Gasteiger partial charge in [0.2, 0.25) is 0 Å². The van der Waals surface area contributed by atoms with Gasteiger partial charge in [0.05, 0.1) is 4.92 Å². The molecule has 0 spiro atoms. The maximum Gasteiger partial charge on any atom is 0.269 e. The van der Waals surface area contributed by atoms with E-state index >= 15 is 0 Å². The highest BCUT2D eigenvalue weighted by Gasteiger charge is 2.29. The lowest BCUT2D eigenvalue weighted by atomic mass is 9.89. The van der Waals surface area contributed by atoms with Crippen molar-refractivity contribution in [3.8, 4) is 5.75 Å². The number of aromatic amines is 1. The van der Waals surface area contributed by atoms with Gasteiger partial charge in [-0.15, -0.1) is 0 Å². The predicted molar refractivity (Wildman–Crippen MR) is 154 cm³/mol. The van der Waals surface area contributed by atoms with Gasteiger partial charge in [-0.25, -0.2) is 0 Å². The SMILES string of the molecule is CCCCC(Oc1ccc2[nH]cc(C3CCN(C)CC3)c2c1)C(=O)N1CCN(c2ccc([N+](=O)[O-])cc2)CC1. The van der Waals surface area contributed by atoms with Crippen molar-refractivity contribution in [3.05, 3.63) is 64.3 Å². The van der Waals surface area contributed by atoms with Gasteiger partial charge in [0.1, 0.15) is 5.75 Å². The largest absolute Gasteiger partial charge is 0.481 e. The molecule has 1 unspecified atom stereocenters. The van der Waals surface area contributed by atoms with Gasteiger partial charge in [0.15, 0.2) is 6.10 Å². The summed E-state index contributed by atoms with van der Waals surface area (Å²) in [6.07, 6.45) is 6.54. The quantitative estimate of drug-likeness (QED) is 0.301. The summed E-state index contributed by atoms with van der Waals surface area (Å²) >= 11 is 0. The van der Waals surface area contributed by atoms with Gasteiger partial charge in [-0.3, -0.25) is 14.9 Å². The third-order valence-corrected chi connectivity index (χ3v) is 8.23. The number of nitro benzene ring substituents is 1. The number of anilines is 1. The number of benzene rings is 2. The summed E-state index contributed by atoms with van der Waals surface area (Å²) in [4.78, 5) is 34.1. The van der Waals surface area contributed by atoms with Crippen LogP contribution in [-0.4, -0.2) is 78.0 Å². The van der Waals surface area contributed by atoms with Crippen molar-refractivity contribution in [1.82, 2.24) is 14.8 Å². The molecule has 9 heteroatoms. The first-order valence-corrected chi connectivity index (χ1v) is 14.2. The number of piperidine rings is 1. The van der Waals surface area contributed by atoms with Crippen LogP contribution in [0.15, 0.2) is 48.7 Å². The summed E-state index contributed by atoms with van der Waals surface area (Å²) in [6, 6.07) is 12.8. The van der Waals surface area contributed by atoms with Crippen LogP contribution in [0.4, 0.5) is 11.4 Å². The van der Waals surface area contributed by atoms with Crippen LogP contribution in [0.25, 0.3) is 10.9 Å². The molecular formula is C30H39N5O4. The minimum absolute atomic E-state index is 0.0384. The molecule has 39 heavy (non-hydrogen) atoms. The number of hydrogen-bond acceptors (Lipinski definition) is 6. The number of piperazine rings is 1. The normalized spacial score (nSPS) is 17.9. The number of carbonyl (C=O) groups excluding carboxylic acids is 1. The maximum absolute atomic E-state index is 13.6. The molecular weight excluding hydrogens is 494 g/mol. The van der Waals surface area contributed by atoms with E-state index in [2.05, 4.69) is 47.1 Å². The Bertz CT molecular complexity index is 1270. The number of hydrogen-bond donors (Lipinski definition) is 1. The second-order valence-electron chi connectivity index (χ2n) is 10.9. The lowest BCUT2D eigenvalue weighted by Gasteiger charge is -2.37. The van der Waals surface area contributed by atoms with Gasteiger partial charge < -0.3 is 24.4 Å². The smallest absolute Gasteiger partial charge is 0.269 e. The zero-order valence-corrected chi connectivity index (χ0v) is 23.0. The monoisotopic (exact) mass is 533 g/mol. The Hall–Kier alpha value is -3.59. The highest BCUT2D eigenvalue weighted by atomic mass is 16.6. The van der Waals surface area contributed by atoms with Crippen molar-refractivity contribution in [1.29, 1.82) is 0 Å². The molecule has 9 nitrogen and oxygen atoms in total. The van der Waals surface area contributed by atoms with E-state index < -0.39 is 6.10 Å². The zero-order chi connectivity index (χ0) is 27.4. The van der Waals surface area contributed by atoms with Crippen LogP contribution in [-0.2, 0) is 4.79 Å². The molecule has 1 aromatic heterocycles. The lowest BCUT2D eigenvalue weighted by molar-refractivity contribution is -0.384. The number of nitro groups is 1. The first-order valence-electron chi connectivity index (χ1n) is 14.2. The molecule has 2 fully saturated rings. The van der Waals surface area contributed by atoms with Crippen LogP contribution in [0.2, 0.25) is 0 Å². The molecule has 5 rings (SSSR count). The number of aromatic nitrogens is 1. The Kier molecular flexibility index (Phi) is 8.35. The van der Waals surface area contributed by atoms with E-state index in [0.29, 0.717) is 38.5 Å². The number of nitrogens with zero attached hydrogens (tertiary/aromatic N) is 4. The Balaban J connectivity index is 1.25. The van der Waals surface area contributed by atoms with E-state index in [1.807, 2.05) is 11.0 Å². The minimum Gasteiger partial charge on any atom is -0.481 e. The molecule has 2 saturated heterocycles. The highest BCUT2D eigenvalue weighted by molar-refractivity contribution is 5.86. The number of unbranched alkanes of at least 4 members (excludes halogenated alkanes) is 1. The van der Waals surface area contributed by atoms with E-state index in [4.69, 9.17) is 4.74 Å². The van der Waals surface area contributed by atoms with Crippen LogP contribution in [0, 0.1) is 10.1 Å². The third-order valence-electron chi connectivity index (χ3n) is 8.23. The number of likely N-dealkylation sites (tertiary alicyclic amines) is 1. The number of rotatable bonds is 9. The summed E-state index contributed by atoms with van der Waals surface area (Å²) < 4.78 is 6.42. The summed E-state index contributed by atoms with van der Waals surface area (Å²) in [5.74, 6) is 1.32. The maximum atomic E-state index is 13.6. The fourth-order valence-corrected chi connectivity index (χ4v) is 5.81. The second kappa shape index (κ2) is 12.1. The molecule has 0 saturated carbocycles. The Labute approximate surface area is 229 Å². The van der Waals surface area contributed by atoms with Gasteiger partial charge in [-0.1, -0.05) is 13.3 Å². The van der Waals surface area contributed by atoms with E-state index in [1.54, 1.807) is 12.1 Å². The first kappa shape index (κ1) is 27.0. The Morgan fingerprint density at radius 3 is 2.46 bits per heavy atom. The molecule has 3 heterocycles. The summed E-state index contributed by atoms with van der Waals surface area (Å²) in [7, 11) is 2.18. The van der Waals surface area contributed by atoms with Gasteiger partial charge in [-0.2, -0.15) is 0 Å². The average Bonchev–Trinajstić information content (AvgIpc) is 3.38. The topological polar surface area (TPSA) is 95.0 Å². The molecule has 1 amide bonds. The molecule has 0 radical (unpaired) electrons. The number of H-pyrrole nitrogens is 1. The highest BCUT2D eigenvalue weighted by Crippen LogP contribution is 2.35. The van der Waals surface area contributed by atoms with Crippen molar-refractivity contribution >= 4 is 28.2 Å². The van der Waals surface area contributed by atoms with Gasteiger partial charge in [0.25, 0.3) is 11.6 Å². The predicted octanol–water partition coefficient (Wildman–Crippen LogP) is 5.17. The van der Waals surface area contributed by atoms with E-state index in [9.17, 15) is 14.9 Å². The molecule has 1 atom stereocenters. The zero-order valence-electron chi connectivity index (χ0n) is 23.0. The number of ether oxygens (including phenoxy) is 1. The van der Waals surface area contributed by atoms with Crippen molar-refractivity contribution in [2.75, 3.05) is 51.2 Å². The van der Waals surface area contributed by atoms with Crippen molar-refractivity contribution in [2.24, 2.45) is 0 Å².